The van der Waals surface area contributed by atoms with Crippen molar-refractivity contribution < 1.29 is 43.9 Å². The van der Waals surface area contributed by atoms with Crippen LogP contribution < -0.4 is 0 Å². The molecule has 0 aromatic heterocycles. The summed E-state index contributed by atoms with van der Waals surface area (Å²) in [5.41, 5.74) is 0. The van der Waals surface area contributed by atoms with E-state index in [1.807, 2.05) is 20.8 Å². The fourth-order valence-electron chi connectivity index (χ4n) is 2.64. The first kappa shape index (κ1) is 33.5. The second kappa shape index (κ2) is 21.8. The van der Waals surface area contributed by atoms with Crippen molar-refractivity contribution in [3.8, 4) is 0 Å². The Morgan fingerprint density at radius 1 is 0.583 bits per heavy atom. The summed E-state index contributed by atoms with van der Waals surface area (Å²) in [6.07, 6.45) is 10.6. The topological polar surface area (TPSA) is 140 Å². The van der Waals surface area contributed by atoms with Gasteiger partial charge in [-0.15, -0.1) is 0 Å². The van der Waals surface area contributed by atoms with Gasteiger partial charge in [-0.1, -0.05) is 57.2 Å². The molecule has 0 saturated heterocycles. The largest absolute Gasteiger partial charge is 0.461 e. The molecule has 0 bridgehead atoms. The summed E-state index contributed by atoms with van der Waals surface area (Å²) in [6, 6.07) is 0. The van der Waals surface area contributed by atoms with Crippen molar-refractivity contribution in [3.63, 3.8) is 0 Å². The minimum atomic E-state index is -0.975. The lowest BCUT2D eigenvalue weighted by Gasteiger charge is -2.17. The van der Waals surface area contributed by atoms with Gasteiger partial charge in [-0.25, -0.2) is 0 Å². The molecule has 0 aliphatic rings. The maximum atomic E-state index is 12.2. The van der Waals surface area contributed by atoms with Crippen molar-refractivity contribution in [1.29, 1.82) is 0 Å². The number of aliphatic hydroxyl groups is 3. The van der Waals surface area contributed by atoms with Gasteiger partial charge in [0.2, 0.25) is 0 Å². The summed E-state index contributed by atoms with van der Waals surface area (Å²) < 4.78 is 15.6. The van der Waals surface area contributed by atoms with Crippen molar-refractivity contribution in [2.75, 3.05) is 13.2 Å². The average molecular weight is 513 g/mol. The van der Waals surface area contributed by atoms with Crippen LogP contribution in [0.15, 0.2) is 36.5 Å². The zero-order valence-electron chi connectivity index (χ0n) is 21.8. The third kappa shape index (κ3) is 19.8. The Labute approximate surface area is 214 Å². The molecule has 3 atom stereocenters. The molecule has 3 N–H and O–H groups in total. The monoisotopic (exact) mass is 512 g/mol. The minimum Gasteiger partial charge on any atom is -0.461 e. The zero-order valence-corrected chi connectivity index (χ0v) is 21.8. The van der Waals surface area contributed by atoms with Gasteiger partial charge in [-0.3, -0.25) is 14.4 Å². The Balaban J connectivity index is 4.73. The molecule has 9 heteroatoms. The number of hydrogen-bond donors (Lipinski definition) is 3. The SMILES string of the molecule is CCC(O)CC=CCC(=O)OCC(COC(=O)CC=CCC(O)CC)OC(=O)CC=CCC(O)CC. The molecule has 0 aliphatic heterocycles. The van der Waals surface area contributed by atoms with Crippen LogP contribution in [0.2, 0.25) is 0 Å². The van der Waals surface area contributed by atoms with E-state index < -0.39 is 42.3 Å². The van der Waals surface area contributed by atoms with Crippen molar-refractivity contribution in [2.45, 2.75) is 103 Å². The van der Waals surface area contributed by atoms with Crippen LogP contribution in [0.25, 0.3) is 0 Å². The summed E-state index contributed by atoms with van der Waals surface area (Å²) in [5, 5.41) is 28.6. The van der Waals surface area contributed by atoms with E-state index in [-0.39, 0.29) is 32.5 Å². The number of ether oxygens (including phenoxy) is 3. The smallest absolute Gasteiger partial charge is 0.310 e. The highest BCUT2D eigenvalue weighted by Crippen LogP contribution is 2.05. The minimum absolute atomic E-state index is 0.00616. The predicted octanol–water partition coefficient (Wildman–Crippen LogP) is 3.31. The average Bonchev–Trinajstić information content (AvgIpc) is 2.87. The van der Waals surface area contributed by atoms with E-state index in [9.17, 15) is 29.7 Å². The van der Waals surface area contributed by atoms with Gasteiger partial charge >= 0.3 is 17.9 Å². The van der Waals surface area contributed by atoms with Crippen LogP contribution >= 0.6 is 0 Å². The molecule has 0 amide bonds. The van der Waals surface area contributed by atoms with Gasteiger partial charge in [0.15, 0.2) is 6.10 Å². The second-order valence-corrected chi connectivity index (χ2v) is 8.40. The number of esters is 3. The van der Waals surface area contributed by atoms with Gasteiger partial charge in [0.05, 0.1) is 37.6 Å². The van der Waals surface area contributed by atoms with Gasteiger partial charge in [-0.05, 0) is 38.5 Å². The highest BCUT2D eigenvalue weighted by atomic mass is 16.6. The first-order valence-corrected chi connectivity index (χ1v) is 12.7. The standard InChI is InChI=1S/C27H44O9/c1-4-21(28)13-7-10-16-25(31)34-19-24(36-27(33)18-12-9-15-23(30)6-3)20-35-26(32)17-11-8-14-22(29)5-2/h7-12,21-24,28-30H,4-6,13-20H2,1-3H3. The molecule has 0 fully saturated rings. The molecule has 9 nitrogen and oxygen atoms in total. The Bertz CT molecular complexity index is 659. The fraction of sp³-hybridized carbons (Fsp3) is 0.667. The van der Waals surface area contributed by atoms with E-state index in [1.54, 1.807) is 36.5 Å². The molecule has 206 valence electrons. The lowest BCUT2D eigenvalue weighted by Crippen LogP contribution is -2.30. The predicted molar refractivity (Wildman–Crippen MR) is 136 cm³/mol. The van der Waals surface area contributed by atoms with Crippen LogP contribution in [0.4, 0.5) is 0 Å². The normalized spacial score (nSPS) is 15.2. The molecular weight excluding hydrogens is 468 g/mol. The molecule has 36 heavy (non-hydrogen) atoms. The Morgan fingerprint density at radius 2 is 0.917 bits per heavy atom. The van der Waals surface area contributed by atoms with E-state index in [1.165, 1.54) is 0 Å². The van der Waals surface area contributed by atoms with E-state index in [0.29, 0.717) is 38.5 Å². The van der Waals surface area contributed by atoms with Crippen LogP contribution in [0.5, 0.6) is 0 Å². The van der Waals surface area contributed by atoms with Crippen LogP contribution in [0.1, 0.15) is 78.6 Å². The number of aliphatic hydroxyl groups excluding tert-OH is 3. The van der Waals surface area contributed by atoms with Crippen molar-refractivity contribution >= 4 is 17.9 Å². The van der Waals surface area contributed by atoms with E-state index in [4.69, 9.17) is 14.2 Å². The maximum Gasteiger partial charge on any atom is 0.310 e. The van der Waals surface area contributed by atoms with Gasteiger partial charge < -0.3 is 29.5 Å². The molecule has 0 aromatic rings. The number of carbonyl (C=O) groups excluding carboxylic acids is 3. The van der Waals surface area contributed by atoms with Gasteiger partial charge in [0, 0.05) is 0 Å². The summed E-state index contributed by atoms with van der Waals surface area (Å²) in [5.74, 6) is -1.68. The van der Waals surface area contributed by atoms with Gasteiger partial charge in [0.25, 0.3) is 0 Å². The van der Waals surface area contributed by atoms with E-state index in [2.05, 4.69) is 0 Å². The quantitative estimate of drug-likeness (QED) is 0.127. The fourth-order valence-corrected chi connectivity index (χ4v) is 2.64. The first-order valence-electron chi connectivity index (χ1n) is 12.7. The number of rotatable bonds is 20. The second-order valence-electron chi connectivity index (χ2n) is 8.40. The number of carbonyl (C=O) groups is 3. The molecule has 0 heterocycles. The third-order valence-corrected chi connectivity index (χ3v) is 5.15. The summed E-state index contributed by atoms with van der Waals surface area (Å²) in [6.45, 7) is 5.02. The van der Waals surface area contributed by atoms with Crippen molar-refractivity contribution in [2.24, 2.45) is 0 Å². The number of hydrogen-bond acceptors (Lipinski definition) is 9. The van der Waals surface area contributed by atoms with Gasteiger partial charge in [0.1, 0.15) is 13.2 Å². The van der Waals surface area contributed by atoms with Crippen molar-refractivity contribution in [3.05, 3.63) is 36.5 Å². The van der Waals surface area contributed by atoms with E-state index >= 15 is 0 Å². The van der Waals surface area contributed by atoms with Crippen LogP contribution in [0, 0.1) is 0 Å². The maximum absolute atomic E-state index is 12.2. The lowest BCUT2D eigenvalue weighted by molar-refractivity contribution is -0.165. The van der Waals surface area contributed by atoms with Crippen LogP contribution in [-0.4, -0.2) is 70.9 Å². The summed E-state index contributed by atoms with van der Waals surface area (Å²) in [7, 11) is 0. The molecule has 3 unspecified atom stereocenters. The Kier molecular flexibility index (Phi) is 20.3. The molecule has 0 saturated carbocycles. The van der Waals surface area contributed by atoms with E-state index in [0.717, 1.165) is 0 Å². The molecule has 0 rings (SSSR count). The summed E-state index contributed by atoms with van der Waals surface area (Å²) in [4.78, 5) is 36.2. The lowest BCUT2D eigenvalue weighted by atomic mass is 10.2. The molecule has 0 aromatic carbocycles. The highest BCUT2D eigenvalue weighted by Gasteiger charge is 2.18. The molecular formula is C27H44O9. The third-order valence-electron chi connectivity index (χ3n) is 5.15. The Morgan fingerprint density at radius 3 is 1.25 bits per heavy atom. The summed E-state index contributed by atoms with van der Waals surface area (Å²) >= 11 is 0. The molecule has 0 aliphatic carbocycles. The Hall–Kier alpha value is -2.49. The zero-order chi connectivity index (χ0) is 27.2. The van der Waals surface area contributed by atoms with Gasteiger partial charge in [-0.2, -0.15) is 0 Å². The molecule has 0 spiro atoms. The van der Waals surface area contributed by atoms with Crippen LogP contribution in [-0.2, 0) is 28.6 Å². The molecule has 0 radical (unpaired) electrons. The first-order chi connectivity index (χ1) is 17.2. The van der Waals surface area contributed by atoms with Crippen LogP contribution in [0.3, 0.4) is 0 Å². The van der Waals surface area contributed by atoms with Crippen molar-refractivity contribution in [1.82, 2.24) is 0 Å². The highest BCUT2D eigenvalue weighted by molar-refractivity contribution is 5.73.